The first kappa shape index (κ1) is 17.0. The molecule has 3 amide bonds. The van der Waals surface area contributed by atoms with Gasteiger partial charge in [-0.1, -0.05) is 42.4 Å². The predicted octanol–water partition coefficient (Wildman–Crippen LogP) is 2.86. The van der Waals surface area contributed by atoms with E-state index in [1.807, 2.05) is 37.3 Å². The summed E-state index contributed by atoms with van der Waals surface area (Å²) in [5.74, 6) is 0.988. The molecule has 1 atom stereocenters. The number of nitrogens with one attached hydrogen (secondary N) is 2. The van der Waals surface area contributed by atoms with Gasteiger partial charge in [0.15, 0.2) is 11.6 Å². The van der Waals surface area contributed by atoms with E-state index in [-0.39, 0.29) is 18.0 Å². The van der Waals surface area contributed by atoms with Crippen LogP contribution in [0.15, 0.2) is 40.9 Å². The lowest BCUT2D eigenvalue weighted by Crippen LogP contribution is -2.50. The number of hydrogen-bond acceptors (Lipinski definition) is 4. The van der Waals surface area contributed by atoms with Gasteiger partial charge in [0.05, 0.1) is 0 Å². The zero-order valence-corrected chi connectivity index (χ0v) is 14.2. The molecule has 25 heavy (non-hydrogen) atoms. The Kier molecular flexibility index (Phi) is 5.33. The van der Waals surface area contributed by atoms with Gasteiger partial charge in [0, 0.05) is 37.2 Å². The second-order valence-electron chi connectivity index (χ2n) is 6.08. The van der Waals surface area contributed by atoms with Crippen LogP contribution in [-0.2, 0) is 4.79 Å². The molecule has 0 bridgehead atoms. The molecule has 0 unspecified atom stereocenters. The lowest BCUT2D eigenvalue weighted by atomic mass is 10.1. The minimum absolute atomic E-state index is 0.00383. The maximum absolute atomic E-state index is 12.4. The van der Waals surface area contributed by atoms with Crippen LogP contribution in [0.5, 0.6) is 0 Å². The lowest BCUT2D eigenvalue weighted by Gasteiger charge is -2.32. The third-order valence-electron chi connectivity index (χ3n) is 4.20. The highest BCUT2D eigenvalue weighted by atomic mass is 16.5. The molecule has 2 aromatic rings. The maximum atomic E-state index is 12.4. The topological polar surface area (TPSA) is 87.5 Å². The molecule has 3 rings (SSSR count). The Bertz CT molecular complexity index is 729. The van der Waals surface area contributed by atoms with Crippen LogP contribution in [0.4, 0.5) is 10.6 Å². The second kappa shape index (κ2) is 7.83. The zero-order chi connectivity index (χ0) is 17.6. The number of urea groups is 1. The fraction of sp³-hybridized carbons (Fsp3) is 0.389. The molecule has 7 nitrogen and oxygen atoms in total. The number of carbonyl (C=O) groups is 2. The highest BCUT2D eigenvalue weighted by molar-refractivity contribution is 5.89. The van der Waals surface area contributed by atoms with Crippen molar-refractivity contribution in [3.8, 4) is 11.3 Å². The van der Waals surface area contributed by atoms with Gasteiger partial charge in [-0.15, -0.1) is 0 Å². The van der Waals surface area contributed by atoms with Gasteiger partial charge in [0.25, 0.3) is 0 Å². The summed E-state index contributed by atoms with van der Waals surface area (Å²) in [6.07, 6.45) is 2.19. The molecule has 2 N–H and O–H groups in total. The molecule has 1 saturated heterocycles. The van der Waals surface area contributed by atoms with Gasteiger partial charge in [0.2, 0.25) is 5.91 Å². The number of likely N-dealkylation sites (tertiary alicyclic amines) is 1. The third-order valence-corrected chi connectivity index (χ3v) is 4.20. The smallest absolute Gasteiger partial charge is 0.323 e. The number of piperidine rings is 1. The lowest BCUT2D eigenvalue weighted by molar-refractivity contribution is -0.121. The molecular weight excluding hydrogens is 320 g/mol. The van der Waals surface area contributed by atoms with E-state index >= 15 is 0 Å². The number of carbonyl (C=O) groups excluding carboxylic acids is 2. The number of hydrogen-bond donors (Lipinski definition) is 2. The SMILES string of the molecule is CCC(=O)N[C@H]1CCCN(C(=O)Nc2cc(-c3ccccc3)on2)C1. The fourth-order valence-corrected chi connectivity index (χ4v) is 2.87. The third kappa shape index (κ3) is 4.37. The highest BCUT2D eigenvalue weighted by Crippen LogP contribution is 2.22. The van der Waals surface area contributed by atoms with Gasteiger partial charge in [0.1, 0.15) is 0 Å². The van der Waals surface area contributed by atoms with Crippen LogP contribution >= 0.6 is 0 Å². The fourth-order valence-electron chi connectivity index (χ4n) is 2.87. The van der Waals surface area contributed by atoms with E-state index in [2.05, 4.69) is 15.8 Å². The summed E-state index contributed by atoms with van der Waals surface area (Å²) >= 11 is 0. The van der Waals surface area contributed by atoms with Gasteiger partial charge >= 0.3 is 6.03 Å². The average molecular weight is 342 g/mol. The summed E-state index contributed by atoms with van der Waals surface area (Å²) < 4.78 is 5.29. The zero-order valence-electron chi connectivity index (χ0n) is 14.2. The van der Waals surface area contributed by atoms with E-state index in [0.717, 1.165) is 18.4 Å². The molecule has 1 aromatic heterocycles. The summed E-state index contributed by atoms with van der Waals surface area (Å²) in [5.41, 5.74) is 0.899. The first-order valence-electron chi connectivity index (χ1n) is 8.53. The van der Waals surface area contributed by atoms with Gasteiger partial charge in [-0.05, 0) is 12.8 Å². The van der Waals surface area contributed by atoms with Crippen molar-refractivity contribution in [3.63, 3.8) is 0 Å². The maximum Gasteiger partial charge on any atom is 0.323 e. The molecule has 1 fully saturated rings. The standard InChI is InChI=1S/C18H22N4O3/c1-2-17(23)19-14-9-6-10-22(12-14)18(24)20-16-11-15(25-21-16)13-7-4-3-5-8-13/h3-5,7-8,11,14H,2,6,9-10,12H2,1H3,(H,19,23)(H,20,21,24)/t14-/m0/s1. The van der Waals surface area contributed by atoms with Crippen molar-refractivity contribution in [2.45, 2.75) is 32.2 Å². The Hall–Kier alpha value is -2.83. The van der Waals surface area contributed by atoms with E-state index < -0.39 is 0 Å². The average Bonchev–Trinajstić information content (AvgIpc) is 3.11. The Balaban J connectivity index is 1.58. The van der Waals surface area contributed by atoms with Crippen LogP contribution in [0.2, 0.25) is 0 Å². The van der Waals surface area contributed by atoms with Crippen molar-refractivity contribution in [2.75, 3.05) is 18.4 Å². The molecule has 0 saturated carbocycles. The minimum atomic E-state index is -0.233. The Morgan fingerprint density at radius 2 is 2.12 bits per heavy atom. The number of nitrogens with zero attached hydrogens (tertiary/aromatic N) is 2. The van der Waals surface area contributed by atoms with Crippen LogP contribution in [0.3, 0.4) is 0 Å². The van der Waals surface area contributed by atoms with Crippen LogP contribution < -0.4 is 10.6 Å². The van der Waals surface area contributed by atoms with Crippen LogP contribution in [0.1, 0.15) is 26.2 Å². The van der Waals surface area contributed by atoms with Crippen molar-refractivity contribution in [1.29, 1.82) is 0 Å². The number of anilines is 1. The summed E-state index contributed by atoms with van der Waals surface area (Å²) in [4.78, 5) is 25.7. The van der Waals surface area contributed by atoms with Crippen molar-refractivity contribution >= 4 is 17.8 Å². The molecule has 0 aliphatic carbocycles. The number of amides is 3. The van der Waals surface area contributed by atoms with Gasteiger partial charge in [-0.2, -0.15) is 0 Å². The van der Waals surface area contributed by atoms with Gasteiger partial charge < -0.3 is 14.7 Å². The monoisotopic (exact) mass is 342 g/mol. The van der Waals surface area contributed by atoms with E-state index in [0.29, 0.717) is 31.1 Å². The molecule has 7 heteroatoms. The molecule has 1 aliphatic rings. The summed E-state index contributed by atoms with van der Waals surface area (Å²) in [5, 5.41) is 9.61. The Labute approximate surface area is 146 Å². The first-order chi connectivity index (χ1) is 12.2. The molecule has 132 valence electrons. The predicted molar refractivity (Wildman–Crippen MR) is 94.0 cm³/mol. The highest BCUT2D eigenvalue weighted by Gasteiger charge is 2.25. The molecular formula is C18H22N4O3. The summed E-state index contributed by atoms with van der Waals surface area (Å²) in [6.45, 7) is 2.98. The molecule has 0 radical (unpaired) electrons. The molecule has 1 aliphatic heterocycles. The van der Waals surface area contributed by atoms with Crippen LogP contribution in [-0.4, -0.2) is 41.1 Å². The largest absolute Gasteiger partial charge is 0.354 e. The number of benzene rings is 1. The van der Waals surface area contributed by atoms with Crippen molar-refractivity contribution < 1.29 is 14.1 Å². The quantitative estimate of drug-likeness (QED) is 0.894. The first-order valence-corrected chi connectivity index (χ1v) is 8.53. The summed E-state index contributed by atoms with van der Waals surface area (Å²) in [7, 11) is 0. The van der Waals surface area contributed by atoms with E-state index in [1.165, 1.54) is 0 Å². The van der Waals surface area contributed by atoms with Gasteiger partial charge in [-0.3, -0.25) is 10.1 Å². The molecule has 0 spiro atoms. The Morgan fingerprint density at radius 3 is 2.88 bits per heavy atom. The second-order valence-corrected chi connectivity index (χ2v) is 6.08. The van der Waals surface area contributed by atoms with Crippen LogP contribution in [0, 0.1) is 0 Å². The molecule has 2 heterocycles. The number of aromatic nitrogens is 1. The van der Waals surface area contributed by atoms with Crippen LogP contribution in [0.25, 0.3) is 11.3 Å². The van der Waals surface area contributed by atoms with Crippen molar-refractivity contribution in [3.05, 3.63) is 36.4 Å². The minimum Gasteiger partial charge on any atom is -0.354 e. The normalized spacial score (nSPS) is 17.2. The van der Waals surface area contributed by atoms with E-state index in [4.69, 9.17) is 4.52 Å². The van der Waals surface area contributed by atoms with Crippen molar-refractivity contribution in [1.82, 2.24) is 15.4 Å². The van der Waals surface area contributed by atoms with E-state index in [9.17, 15) is 9.59 Å². The van der Waals surface area contributed by atoms with Gasteiger partial charge in [-0.25, -0.2) is 4.79 Å². The van der Waals surface area contributed by atoms with E-state index in [1.54, 1.807) is 11.0 Å². The Morgan fingerprint density at radius 1 is 1.32 bits per heavy atom. The number of rotatable bonds is 4. The summed E-state index contributed by atoms with van der Waals surface area (Å²) in [6, 6.07) is 11.0. The molecule has 1 aromatic carbocycles. The van der Waals surface area contributed by atoms with Crippen molar-refractivity contribution in [2.24, 2.45) is 0 Å².